The average Bonchev–Trinajstić information content (AvgIpc) is 2.56. The summed E-state index contributed by atoms with van der Waals surface area (Å²) in [6.07, 6.45) is 0. The summed E-state index contributed by atoms with van der Waals surface area (Å²) >= 11 is 1.38. The first-order valence-corrected chi connectivity index (χ1v) is 4.83. The second kappa shape index (κ2) is 3.63. The average molecular weight is 208 g/mol. The zero-order valence-electron chi connectivity index (χ0n) is 7.47. The minimum atomic E-state index is 0.214. The van der Waals surface area contributed by atoms with Gasteiger partial charge in [-0.05, 0) is 31.2 Å². The highest BCUT2D eigenvalue weighted by Crippen LogP contribution is 2.25. The Morgan fingerprint density at radius 2 is 1.93 bits per heavy atom. The van der Waals surface area contributed by atoms with Gasteiger partial charge in [-0.3, -0.25) is 0 Å². The predicted molar refractivity (Wildman–Crippen MR) is 52.8 cm³/mol. The van der Waals surface area contributed by atoms with Crippen LogP contribution in [-0.4, -0.2) is 15.3 Å². The quantitative estimate of drug-likeness (QED) is 0.823. The molecule has 4 nitrogen and oxygen atoms in total. The summed E-state index contributed by atoms with van der Waals surface area (Å²) in [6.45, 7) is 1.86. The highest BCUT2D eigenvalue weighted by molar-refractivity contribution is 7.13. The third kappa shape index (κ3) is 2.00. The fraction of sp³-hybridized carbons (Fsp3) is 0.111. The number of hydrogen-bond acceptors (Lipinski definition) is 5. The molecule has 0 spiro atoms. The van der Waals surface area contributed by atoms with Crippen molar-refractivity contribution in [3.8, 4) is 16.7 Å². The van der Waals surface area contributed by atoms with E-state index in [9.17, 15) is 0 Å². The van der Waals surface area contributed by atoms with Crippen molar-refractivity contribution in [1.29, 1.82) is 0 Å². The standard InChI is InChI=1S/C9H8N2O2S/c1-6-10-11-9(14-6)13-8-4-2-7(12)3-5-8/h2-5,12H,1H3. The first-order chi connectivity index (χ1) is 6.74. The minimum absolute atomic E-state index is 0.214. The van der Waals surface area contributed by atoms with Crippen LogP contribution in [0, 0.1) is 6.92 Å². The van der Waals surface area contributed by atoms with E-state index in [2.05, 4.69) is 10.2 Å². The first-order valence-electron chi connectivity index (χ1n) is 4.01. The molecule has 0 aliphatic rings. The second-order valence-corrected chi connectivity index (χ2v) is 3.83. The van der Waals surface area contributed by atoms with Crippen LogP contribution in [0.4, 0.5) is 0 Å². The summed E-state index contributed by atoms with van der Waals surface area (Å²) in [5.41, 5.74) is 0. The van der Waals surface area contributed by atoms with E-state index >= 15 is 0 Å². The van der Waals surface area contributed by atoms with Crippen molar-refractivity contribution in [3.05, 3.63) is 29.3 Å². The molecule has 0 fully saturated rings. The van der Waals surface area contributed by atoms with E-state index in [1.807, 2.05) is 6.92 Å². The molecule has 0 saturated carbocycles. The van der Waals surface area contributed by atoms with Crippen molar-refractivity contribution >= 4 is 11.3 Å². The maximum Gasteiger partial charge on any atom is 0.299 e. The van der Waals surface area contributed by atoms with E-state index in [1.165, 1.54) is 11.3 Å². The summed E-state index contributed by atoms with van der Waals surface area (Å²) < 4.78 is 5.39. The number of aromatic hydroxyl groups is 1. The number of phenolic OH excluding ortho intramolecular Hbond substituents is 1. The number of phenols is 1. The van der Waals surface area contributed by atoms with Gasteiger partial charge in [0.15, 0.2) is 0 Å². The van der Waals surface area contributed by atoms with Crippen LogP contribution in [0.1, 0.15) is 5.01 Å². The van der Waals surface area contributed by atoms with Gasteiger partial charge in [0.05, 0.1) is 0 Å². The molecule has 0 radical (unpaired) electrons. The van der Waals surface area contributed by atoms with Gasteiger partial charge in [0.1, 0.15) is 16.5 Å². The lowest BCUT2D eigenvalue weighted by molar-refractivity contribution is 0.460. The molecular formula is C9H8N2O2S. The molecule has 0 unspecified atom stereocenters. The molecule has 1 N–H and O–H groups in total. The Morgan fingerprint density at radius 1 is 1.21 bits per heavy atom. The topological polar surface area (TPSA) is 55.2 Å². The van der Waals surface area contributed by atoms with Crippen molar-refractivity contribution in [2.24, 2.45) is 0 Å². The minimum Gasteiger partial charge on any atom is -0.508 e. The van der Waals surface area contributed by atoms with Gasteiger partial charge in [-0.2, -0.15) is 0 Å². The normalized spacial score (nSPS) is 10.1. The summed E-state index contributed by atoms with van der Waals surface area (Å²) in [5.74, 6) is 0.852. The van der Waals surface area contributed by atoms with Crippen LogP contribution >= 0.6 is 11.3 Å². The first kappa shape index (κ1) is 8.96. The number of aryl methyl sites for hydroxylation is 1. The Labute approximate surface area is 84.8 Å². The Balaban J connectivity index is 2.15. The van der Waals surface area contributed by atoms with Gasteiger partial charge in [-0.1, -0.05) is 16.4 Å². The Morgan fingerprint density at radius 3 is 2.50 bits per heavy atom. The number of ether oxygens (including phenoxy) is 1. The van der Waals surface area contributed by atoms with Crippen molar-refractivity contribution in [2.75, 3.05) is 0 Å². The molecule has 0 saturated heterocycles. The molecule has 2 rings (SSSR count). The summed E-state index contributed by atoms with van der Waals surface area (Å²) in [6, 6.07) is 6.46. The van der Waals surface area contributed by atoms with Gasteiger partial charge in [-0.25, -0.2) is 0 Å². The van der Waals surface area contributed by atoms with Gasteiger partial charge in [0, 0.05) is 0 Å². The molecule has 0 atom stereocenters. The molecule has 5 heteroatoms. The third-order valence-electron chi connectivity index (χ3n) is 1.55. The predicted octanol–water partition coefficient (Wildman–Crippen LogP) is 2.34. The van der Waals surface area contributed by atoms with E-state index in [-0.39, 0.29) is 5.75 Å². The largest absolute Gasteiger partial charge is 0.508 e. The van der Waals surface area contributed by atoms with Crippen LogP contribution in [0.5, 0.6) is 16.7 Å². The Bertz CT molecular complexity index is 425. The number of nitrogens with zero attached hydrogens (tertiary/aromatic N) is 2. The molecular weight excluding hydrogens is 200 g/mol. The number of benzene rings is 1. The highest BCUT2D eigenvalue weighted by atomic mass is 32.1. The Hall–Kier alpha value is -1.62. The molecule has 0 aliphatic carbocycles. The molecule has 0 bridgehead atoms. The zero-order valence-corrected chi connectivity index (χ0v) is 8.28. The van der Waals surface area contributed by atoms with Gasteiger partial charge >= 0.3 is 0 Å². The zero-order chi connectivity index (χ0) is 9.97. The fourth-order valence-electron chi connectivity index (χ4n) is 0.935. The maximum atomic E-state index is 9.05. The molecule has 72 valence electrons. The second-order valence-electron chi connectivity index (χ2n) is 2.68. The van der Waals surface area contributed by atoms with E-state index in [4.69, 9.17) is 9.84 Å². The van der Waals surface area contributed by atoms with Crippen LogP contribution < -0.4 is 4.74 Å². The van der Waals surface area contributed by atoms with E-state index in [1.54, 1.807) is 24.3 Å². The van der Waals surface area contributed by atoms with Gasteiger partial charge in [0.2, 0.25) is 0 Å². The van der Waals surface area contributed by atoms with Gasteiger partial charge < -0.3 is 9.84 Å². The van der Waals surface area contributed by atoms with Gasteiger partial charge in [-0.15, -0.1) is 5.10 Å². The van der Waals surface area contributed by atoms with Crippen LogP contribution in [0.15, 0.2) is 24.3 Å². The van der Waals surface area contributed by atoms with Crippen molar-refractivity contribution in [3.63, 3.8) is 0 Å². The molecule has 1 heterocycles. The number of hydrogen-bond donors (Lipinski definition) is 1. The van der Waals surface area contributed by atoms with Crippen LogP contribution in [0.2, 0.25) is 0 Å². The SMILES string of the molecule is Cc1nnc(Oc2ccc(O)cc2)s1. The monoisotopic (exact) mass is 208 g/mol. The highest BCUT2D eigenvalue weighted by Gasteiger charge is 2.02. The molecule has 2 aromatic rings. The molecule has 14 heavy (non-hydrogen) atoms. The third-order valence-corrected chi connectivity index (χ3v) is 2.27. The molecule has 0 amide bonds. The van der Waals surface area contributed by atoms with Gasteiger partial charge in [0.25, 0.3) is 5.19 Å². The maximum absolute atomic E-state index is 9.05. The lowest BCUT2D eigenvalue weighted by Crippen LogP contribution is -1.82. The van der Waals surface area contributed by atoms with E-state index in [0.717, 1.165) is 5.01 Å². The summed E-state index contributed by atoms with van der Waals surface area (Å²) in [4.78, 5) is 0. The molecule has 1 aromatic carbocycles. The lowest BCUT2D eigenvalue weighted by atomic mass is 10.3. The van der Waals surface area contributed by atoms with Crippen molar-refractivity contribution in [2.45, 2.75) is 6.92 Å². The van der Waals surface area contributed by atoms with Crippen LogP contribution in [0.25, 0.3) is 0 Å². The smallest absolute Gasteiger partial charge is 0.299 e. The van der Waals surface area contributed by atoms with E-state index in [0.29, 0.717) is 10.9 Å². The Kier molecular flexibility index (Phi) is 2.32. The van der Waals surface area contributed by atoms with E-state index < -0.39 is 0 Å². The summed E-state index contributed by atoms with van der Waals surface area (Å²) in [7, 11) is 0. The fourth-order valence-corrected chi connectivity index (χ4v) is 1.49. The van der Waals surface area contributed by atoms with Crippen molar-refractivity contribution in [1.82, 2.24) is 10.2 Å². The van der Waals surface area contributed by atoms with Crippen LogP contribution in [-0.2, 0) is 0 Å². The van der Waals surface area contributed by atoms with Crippen molar-refractivity contribution < 1.29 is 9.84 Å². The summed E-state index contributed by atoms with van der Waals surface area (Å²) in [5, 5.41) is 18.1. The van der Waals surface area contributed by atoms with Crippen LogP contribution in [0.3, 0.4) is 0 Å². The molecule has 0 aliphatic heterocycles. The molecule has 1 aromatic heterocycles. The number of aromatic nitrogens is 2. The lowest BCUT2D eigenvalue weighted by Gasteiger charge is -1.99. The number of rotatable bonds is 2.